The highest BCUT2D eigenvalue weighted by atomic mass is 127. The van der Waals surface area contributed by atoms with E-state index in [1.165, 1.54) is 16.8 Å². The predicted octanol–water partition coefficient (Wildman–Crippen LogP) is 3.76. The highest BCUT2D eigenvalue weighted by Gasteiger charge is 2.26. The van der Waals surface area contributed by atoms with Gasteiger partial charge in [-0.1, -0.05) is 30.3 Å². The lowest BCUT2D eigenvalue weighted by molar-refractivity contribution is 0.134. The van der Waals surface area contributed by atoms with E-state index in [1.807, 2.05) is 11.7 Å². The van der Waals surface area contributed by atoms with Gasteiger partial charge < -0.3 is 10.6 Å². The summed E-state index contributed by atoms with van der Waals surface area (Å²) in [5.74, 6) is 0.906. The highest BCUT2D eigenvalue weighted by Crippen LogP contribution is 2.20. The number of aryl methyl sites for hydroxylation is 2. The Hall–Kier alpha value is -1.61. The monoisotopic (exact) mass is 524 g/mol. The summed E-state index contributed by atoms with van der Waals surface area (Å²) in [6.07, 6.45) is 2.26. The fourth-order valence-electron chi connectivity index (χ4n) is 4.12. The van der Waals surface area contributed by atoms with Crippen molar-refractivity contribution in [2.45, 2.75) is 65.7 Å². The number of benzene rings is 1. The molecule has 2 aromatic rings. The molecule has 1 fully saturated rings. The molecular formula is C23H37IN6. The van der Waals surface area contributed by atoms with Gasteiger partial charge in [0, 0.05) is 50.0 Å². The van der Waals surface area contributed by atoms with E-state index in [0.29, 0.717) is 18.6 Å². The molecular weight excluding hydrogens is 487 g/mol. The van der Waals surface area contributed by atoms with Gasteiger partial charge >= 0.3 is 0 Å². The van der Waals surface area contributed by atoms with E-state index in [0.717, 1.165) is 44.1 Å². The molecule has 1 aromatic heterocycles. The average molecular weight is 524 g/mol. The lowest BCUT2D eigenvalue weighted by atomic mass is 9.97. The van der Waals surface area contributed by atoms with Gasteiger partial charge in [-0.05, 0) is 46.1 Å². The molecule has 1 aliphatic heterocycles. The topological polar surface area (TPSA) is 57.5 Å². The number of aromatic nitrogens is 2. The SMILES string of the molecule is CCNC(=NCc1c(C)nn(C)c1C)NC1CCN(Cc2ccccc2)C(C)C1.I. The number of piperidine rings is 1. The van der Waals surface area contributed by atoms with Gasteiger partial charge in [0.1, 0.15) is 0 Å². The minimum Gasteiger partial charge on any atom is -0.357 e. The minimum atomic E-state index is 0. The molecule has 30 heavy (non-hydrogen) atoms. The molecule has 2 atom stereocenters. The quantitative estimate of drug-likeness (QED) is 0.343. The average Bonchev–Trinajstić information content (AvgIpc) is 2.94. The van der Waals surface area contributed by atoms with Crippen LogP contribution in [0.4, 0.5) is 0 Å². The largest absolute Gasteiger partial charge is 0.357 e. The second-order valence-corrected chi connectivity index (χ2v) is 8.14. The Morgan fingerprint density at radius 1 is 1.23 bits per heavy atom. The number of guanidine groups is 1. The molecule has 1 saturated heterocycles. The zero-order chi connectivity index (χ0) is 20.8. The number of nitrogens with one attached hydrogen (secondary N) is 2. The van der Waals surface area contributed by atoms with Gasteiger partial charge in [0.25, 0.3) is 0 Å². The molecule has 0 amide bonds. The number of hydrogen-bond acceptors (Lipinski definition) is 3. The zero-order valence-corrected chi connectivity index (χ0v) is 21.3. The maximum atomic E-state index is 4.85. The Morgan fingerprint density at radius 3 is 2.57 bits per heavy atom. The Bertz CT molecular complexity index is 817. The summed E-state index contributed by atoms with van der Waals surface area (Å²) < 4.78 is 1.94. The molecule has 0 radical (unpaired) electrons. The number of likely N-dealkylation sites (tertiary alicyclic amines) is 1. The standard InChI is InChI=1S/C23H36N6.HI/c1-6-24-23(25-15-22-18(3)27-28(5)19(22)4)26-21-12-13-29(17(2)14-21)16-20-10-8-7-9-11-20;/h7-11,17,21H,6,12-16H2,1-5H3,(H2,24,25,26);1H. The van der Waals surface area contributed by atoms with E-state index in [2.05, 4.69) is 78.7 Å². The normalized spacial score (nSPS) is 20.0. The summed E-state index contributed by atoms with van der Waals surface area (Å²) >= 11 is 0. The fourth-order valence-corrected chi connectivity index (χ4v) is 4.12. The van der Waals surface area contributed by atoms with E-state index in [4.69, 9.17) is 4.99 Å². The number of aliphatic imine (C=N–C) groups is 1. The summed E-state index contributed by atoms with van der Waals surface area (Å²) in [5, 5.41) is 11.6. The summed E-state index contributed by atoms with van der Waals surface area (Å²) in [6, 6.07) is 11.8. The first-order valence-electron chi connectivity index (χ1n) is 10.8. The summed E-state index contributed by atoms with van der Waals surface area (Å²) in [6.45, 7) is 12.3. The zero-order valence-electron chi connectivity index (χ0n) is 19.0. The summed E-state index contributed by atoms with van der Waals surface area (Å²) in [5.41, 5.74) is 4.86. The van der Waals surface area contributed by atoms with Crippen molar-refractivity contribution in [2.75, 3.05) is 13.1 Å². The molecule has 166 valence electrons. The minimum absolute atomic E-state index is 0. The van der Waals surface area contributed by atoms with E-state index in [1.54, 1.807) is 0 Å². The van der Waals surface area contributed by atoms with Crippen LogP contribution in [0.15, 0.2) is 35.3 Å². The molecule has 0 saturated carbocycles. The third-order valence-electron chi connectivity index (χ3n) is 5.98. The van der Waals surface area contributed by atoms with Crippen LogP contribution >= 0.6 is 24.0 Å². The lowest BCUT2D eigenvalue weighted by Gasteiger charge is -2.38. The van der Waals surface area contributed by atoms with Crippen LogP contribution < -0.4 is 10.6 Å². The molecule has 1 aromatic carbocycles. The Kier molecular flexibility index (Phi) is 9.61. The smallest absolute Gasteiger partial charge is 0.191 e. The number of halogens is 1. The van der Waals surface area contributed by atoms with Crippen LogP contribution in [0.2, 0.25) is 0 Å². The molecule has 0 aliphatic carbocycles. The van der Waals surface area contributed by atoms with Crippen molar-refractivity contribution in [3.63, 3.8) is 0 Å². The van der Waals surface area contributed by atoms with E-state index < -0.39 is 0 Å². The number of hydrogen-bond donors (Lipinski definition) is 2. The second kappa shape index (κ2) is 11.7. The molecule has 0 bridgehead atoms. The number of nitrogens with zero attached hydrogens (tertiary/aromatic N) is 4. The van der Waals surface area contributed by atoms with Crippen LogP contribution in [0.25, 0.3) is 0 Å². The highest BCUT2D eigenvalue weighted by molar-refractivity contribution is 14.0. The maximum absolute atomic E-state index is 4.85. The van der Waals surface area contributed by atoms with Crippen LogP contribution in [-0.2, 0) is 20.1 Å². The first-order chi connectivity index (χ1) is 14.0. The first-order valence-corrected chi connectivity index (χ1v) is 10.8. The van der Waals surface area contributed by atoms with Crippen molar-refractivity contribution < 1.29 is 0 Å². The van der Waals surface area contributed by atoms with Crippen molar-refractivity contribution in [1.82, 2.24) is 25.3 Å². The third kappa shape index (κ3) is 6.44. The Balaban J connectivity index is 0.00000320. The third-order valence-corrected chi connectivity index (χ3v) is 5.98. The van der Waals surface area contributed by atoms with Crippen molar-refractivity contribution >= 4 is 29.9 Å². The molecule has 2 heterocycles. The van der Waals surface area contributed by atoms with Gasteiger partial charge in [0.2, 0.25) is 0 Å². The van der Waals surface area contributed by atoms with Gasteiger partial charge in [-0.2, -0.15) is 5.10 Å². The fraction of sp³-hybridized carbons (Fsp3) is 0.565. The van der Waals surface area contributed by atoms with Crippen LogP contribution in [0.3, 0.4) is 0 Å². The van der Waals surface area contributed by atoms with Crippen molar-refractivity contribution in [1.29, 1.82) is 0 Å². The molecule has 1 aliphatic rings. The molecule has 2 unspecified atom stereocenters. The maximum Gasteiger partial charge on any atom is 0.191 e. The summed E-state index contributed by atoms with van der Waals surface area (Å²) in [4.78, 5) is 7.44. The predicted molar refractivity (Wildman–Crippen MR) is 135 cm³/mol. The molecule has 3 rings (SSSR count). The molecule has 7 heteroatoms. The van der Waals surface area contributed by atoms with Crippen LogP contribution in [-0.4, -0.2) is 45.8 Å². The van der Waals surface area contributed by atoms with E-state index in [-0.39, 0.29) is 24.0 Å². The number of rotatable bonds is 6. The van der Waals surface area contributed by atoms with E-state index in [9.17, 15) is 0 Å². The van der Waals surface area contributed by atoms with Crippen LogP contribution in [0.5, 0.6) is 0 Å². The summed E-state index contributed by atoms with van der Waals surface area (Å²) in [7, 11) is 1.99. The van der Waals surface area contributed by atoms with Gasteiger partial charge in [0.15, 0.2) is 5.96 Å². The van der Waals surface area contributed by atoms with Gasteiger partial charge in [-0.15, -0.1) is 24.0 Å². The van der Waals surface area contributed by atoms with Gasteiger partial charge in [0.05, 0.1) is 12.2 Å². The van der Waals surface area contributed by atoms with Crippen molar-refractivity contribution in [2.24, 2.45) is 12.0 Å². The van der Waals surface area contributed by atoms with Crippen molar-refractivity contribution in [3.05, 3.63) is 52.8 Å². The molecule has 0 spiro atoms. The van der Waals surface area contributed by atoms with Gasteiger partial charge in [-0.3, -0.25) is 9.58 Å². The first kappa shape index (κ1) is 24.7. The second-order valence-electron chi connectivity index (χ2n) is 8.14. The molecule has 2 N–H and O–H groups in total. The lowest BCUT2D eigenvalue weighted by Crippen LogP contribution is -2.51. The van der Waals surface area contributed by atoms with E-state index >= 15 is 0 Å². The Labute approximate surface area is 198 Å². The van der Waals surface area contributed by atoms with Gasteiger partial charge in [-0.25, -0.2) is 4.99 Å². The van der Waals surface area contributed by atoms with Crippen LogP contribution in [0, 0.1) is 13.8 Å². The Morgan fingerprint density at radius 2 is 1.97 bits per heavy atom. The molecule has 6 nitrogen and oxygen atoms in total. The van der Waals surface area contributed by atoms with Crippen LogP contribution in [0.1, 0.15) is 49.2 Å². The van der Waals surface area contributed by atoms with Crippen molar-refractivity contribution in [3.8, 4) is 0 Å².